The second-order valence-electron chi connectivity index (χ2n) is 6.54. The summed E-state index contributed by atoms with van der Waals surface area (Å²) in [5, 5.41) is 2.70. The highest BCUT2D eigenvalue weighted by Gasteiger charge is 2.27. The molecule has 0 N–H and O–H groups in total. The van der Waals surface area contributed by atoms with Crippen LogP contribution in [-0.2, 0) is 11.8 Å². The smallest absolute Gasteiger partial charge is 0.137 e. The zero-order valence-corrected chi connectivity index (χ0v) is 14.4. The number of aromatic nitrogens is 2. The number of fused-ring (bicyclic) bond motifs is 1. The van der Waals surface area contributed by atoms with E-state index in [0.29, 0.717) is 11.2 Å². The van der Waals surface area contributed by atoms with Gasteiger partial charge in [0, 0.05) is 22.9 Å². The summed E-state index contributed by atoms with van der Waals surface area (Å²) in [4.78, 5) is 13.0. The number of rotatable bonds is 1. The quantitative estimate of drug-likeness (QED) is 0.718. The summed E-state index contributed by atoms with van der Waals surface area (Å²) >= 11 is 8.08. The number of hydrogen-bond donors (Lipinski definition) is 0. The Balaban J connectivity index is 2.00. The Kier molecular flexibility index (Phi) is 3.70. The standard InChI is InChI=1S/C16H20ClN3S/c1-10-11-6-8-21-12(11)5-7-20(10)14-9-13(17)18-15(19-14)16(2,3)4/h6,8-10H,5,7H2,1-4H3. The molecule has 5 heteroatoms. The highest BCUT2D eigenvalue weighted by Crippen LogP contribution is 2.36. The molecule has 1 atom stereocenters. The molecule has 0 saturated heterocycles. The lowest BCUT2D eigenvalue weighted by atomic mass is 9.95. The van der Waals surface area contributed by atoms with E-state index in [4.69, 9.17) is 16.6 Å². The Labute approximate surface area is 135 Å². The molecule has 0 saturated carbocycles. The molecule has 3 nitrogen and oxygen atoms in total. The summed E-state index contributed by atoms with van der Waals surface area (Å²) in [6.07, 6.45) is 1.07. The first-order valence-corrected chi connectivity index (χ1v) is 8.50. The topological polar surface area (TPSA) is 29.0 Å². The van der Waals surface area contributed by atoms with Gasteiger partial charge >= 0.3 is 0 Å². The van der Waals surface area contributed by atoms with Gasteiger partial charge in [-0.3, -0.25) is 0 Å². The summed E-state index contributed by atoms with van der Waals surface area (Å²) in [7, 11) is 0. The Morgan fingerprint density at radius 3 is 2.81 bits per heavy atom. The van der Waals surface area contributed by atoms with Gasteiger partial charge in [0.05, 0.1) is 6.04 Å². The zero-order valence-electron chi connectivity index (χ0n) is 12.9. The largest absolute Gasteiger partial charge is 0.349 e. The Morgan fingerprint density at radius 2 is 2.10 bits per heavy atom. The van der Waals surface area contributed by atoms with Crippen molar-refractivity contribution in [1.82, 2.24) is 9.97 Å². The fraction of sp³-hybridized carbons (Fsp3) is 0.500. The highest BCUT2D eigenvalue weighted by atomic mass is 35.5. The summed E-state index contributed by atoms with van der Waals surface area (Å²) in [5.41, 5.74) is 1.31. The lowest BCUT2D eigenvalue weighted by Gasteiger charge is -2.35. The Bertz CT molecular complexity index is 660. The van der Waals surface area contributed by atoms with Crippen LogP contribution in [0.5, 0.6) is 0 Å². The molecule has 0 spiro atoms. The Morgan fingerprint density at radius 1 is 1.33 bits per heavy atom. The van der Waals surface area contributed by atoms with E-state index in [1.807, 2.05) is 17.4 Å². The molecule has 112 valence electrons. The highest BCUT2D eigenvalue weighted by molar-refractivity contribution is 7.10. The molecule has 3 heterocycles. The minimum atomic E-state index is -0.105. The normalized spacial score (nSPS) is 18.7. The first-order chi connectivity index (χ1) is 9.86. The molecule has 0 aliphatic carbocycles. The van der Waals surface area contributed by atoms with E-state index in [0.717, 1.165) is 24.6 Å². The Hall–Kier alpha value is -1.13. The molecule has 0 aromatic carbocycles. The molecule has 0 fully saturated rings. The number of hydrogen-bond acceptors (Lipinski definition) is 4. The van der Waals surface area contributed by atoms with Crippen LogP contribution in [0.3, 0.4) is 0 Å². The molecule has 1 aliphatic rings. The van der Waals surface area contributed by atoms with Crippen LogP contribution in [0.15, 0.2) is 17.5 Å². The summed E-state index contributed by atoms with van der Waals surface area (Å²) < 4.78 is 0. The van der Waals surface area contributed by atoms with Crippen molar-refractivity contribution in [2.24, 2.45) is 0 Å². The predicted octanol–water partition coefficient (Wildman–Crippen LogP) is 4.61. The van der Waals surface area contributed by atoms with Crippen molar-refractivity contribution in [3.05, 3.63) is 38.9 Å². The average molecular weight is 322 g/mol. The molecule has 2 aromatic heterocycles. The van der Waals surface area contributed by atoms with Gasteiger partial charge in [0.25, 0.3) is 0 Å². The number of nitrogens with zero attached hydrogens (tertiary/aromatic N) is 3. The minimum Gasteiger partial charge on any atom is -0.349 e. The molecule has 21 heavy (non-hydrogen) atoms. The van der Waals surface area contributed by atoms with Crippen LogP contribution >= 0.6 is 22.9 Å². The van der Waals surface area contributed by atoms with E-state index < -0.39 is 0 Å². The van der Waals surface area contributed by atoms with Gasteiger partial charge in [-0.25, -0.2) is 9.97 Å². The fourth-order valence-electron chi connectivity index (χ4n) is 2.71. The summed E-state index contributed by atoms with van der Waals surface area (Å²) in [6, 6.07) is 4.44. The van der Waals surface area contributed by atoms with Crippen molar-refractivity contribution in [2.75, 3.05) is 11.4 Å². The van der Waals surface area contributed by atoms with Gasteiger partial charge in [0.2, 0.25) is 0 Å². The molecular weight excluding hydrogens is 302 g/mol. The van der Waals surface area contributed by atoms with Crippen molar-refractivity contribution >= 4 is 28.8 Å². The molecule has 2 aromatic rings. The van der Waals surface area contributed by atoms with Crippen LogP contribution in [0.25, 0.3) is 0 Å². The van der Waals surface area contributed by atoms with Crippen molar-refractivity contribution in [3.63, 3.8) is 0 Å². The van der Waals surface area contributed by atoms with Gasteiger partial charge in [0.1, 0.15) is 16.8 Å². The van der Waals surface area contributed by atoms with Crippen molar-refractivity contribution in [2.45, 2.75) is 45.6 Å². The maximum Gasteiger partial charge on any atom is 0.137 e. The molecule has 0 amide bonds. The third kappa shape index (κ3) is 2.79. The first-order valence-electron chi connectivity index (χ1n) is 7.24. The van der Waals surface area contributed by atoms with Gasteiger partial charge in [-0.05, 0) is 30.4 Å². The lowest BCUT2D eigenvalue weighted by molar-refractivity contribution is 0.539. The van der Waals surface area contributed by atoms with Gasteiger partial charge in [-0.1, -0.05) is 32.4 Å². The van der Waals surface area contributed by atoms with Crippen LogP contribution in [0.2, 0.25) is 5.15 Å². The molecular formula is C16H20ClN3S. The van der Waals surface area contributed by atoms with Crippen LogP contribution in [0.1, 0.15) is 50.0 Å². The minimum absolute atomic E-state index is 0.105. The fourth-order valence-corrected chi connectivity index (χ4v) is 3.85. The van der Waals surface area contributed by atoms with Gasteiger partial charge in [-0.15, -0.1) is 11.3 Å². The van der Waals surface area contributed by atoms with Crippen molar-refractivity contribution < 1.29 is 0 Å². The predicted molar refractivity (Wildman–Crippen MR) is 89.5 cm³/mol. The van der Waals surface area contributed by atoms with Gasteiger partial charge in [-0.2, -0.15) is 0 Å². The number of thiophene rings is 1. The van der Waals surface area contributed by atoms with Crippen LogP contribution in [-0.4, -0.2) is 16.5 Å². The number of anilines is 1. The average Bonchev–Trinajstić information content (AvgIpc) is 2.86. The summed E-state index contributed by atoms with van der Waals surface area (Å²) in [6.45, 7) is 9.54. The van der Waals surface area contributed by atoms with E-state index in [2.05, 4.69) is 49.0 Å². The third-order valence-corrected chi connectivity index (χ3v) is 5.11. The molecule has 0 radical (unpaired) electrons. The third-order valence-electron chi connectivity index (χ3n) is 3.92. The van der Waals surface area contributed by atoms with Crippen LogP contribution < -0.4 is 4.90 Å². The second-order valence-corrected chi connectivity index (χ2v) is 7.93. The van der Waals surface area contributed by atoms with Crippen LogP contribution in [0, 0.1) is 0 Å². The monoisotopic (exact) mass is 321 g/mol. The van der Waals surface area contributed by atoms with E-state index in [9.17, 15) is 0 Å². The SMILES string of the molecule is CC1c2ccsc2CCN1c1cc(Cl)nc(C(C)(C)C)n1. The maximum absolute atomic E-state index is 6.23. The van der Waals surface area contributed by atoms with E-state index >= 15 is 0 Å². The van der Waals surface area contributed by atoms with Gasteiger partial charge in [0.15, 0.2) is 0 Å². The molecule has 3 rings (SSSR count). The van der Waals surface area contributed by atoms with Gasteiger partial charge < -0.3 is 4.90 Å². The van der Waals surface area contributed by atoms with E-state index in [1.54, 1.807) is 0 Å². The molecule has 0 bridgehead atoms. The maximum atomic E-state index is 6.23. The zero-order chi connectivity index (χ0) is 15.2. The lowest BCUT2D eigenvalue weighted by Crippen LogP contribution is -2.34. The van der Waals surface area contributed by atoms with Crippen LogP contribution in [0.4, 0.5) is 5.82 Å². The number of halogens is 1. The second kappa shape index (κ2) is 5.25. The molecule has 1 aliphatic heterocycles. The van der Waals surface area contributed by atoms with Crippen molar-refractivity contribution in [3.8, 4) is 0 Å². The van der Waals surface area contributed by atoms with E-state index in [1.165, 1.54) is 10.4 Å². The van der Waals surface area contributed by atoms with E-state index in [-0.39, 0.29) is 5.41 Å². The molecule has 1 unspecified atom stereocenters. The van der Waals surface area contributed by atoms with Crippen molar-refractivity contribution in [1.29, 1.82) is 0 Å². The summed E-state index contributed by atoms with van der Waals surface area (Å²) in [5.74, 6) is 1.73. The first kappa shape index (κ1) is 14.8.